The third kappa shape index (κ3) is 4.31. The lowest BCUT2D eigenvalue weighted by Crippen LogP contribution is -2.39. The Hall–Kier alpha value is 0.01000. The Balaban J connectivity index is 1.82. The minimum atomic E-state index is 0.715. The predicted octanol–water partition coefficient (Wildman–Crippen LogP) is 3.94. The lowest BCUT2D eigenvalue weighted by Gasteiger charge is -2.30. The average Bonchev–Trinajstić information content (AvgIpc) is 2.88. The number of nitrogens with one attached hydrogen (secondary N) is 1. The fourth-order valence-electron chi connectivity index (χ4n) is 2.52. The fraction of sp³-hybridized carbons (Fsp3) is 0.714. The molecule has 1 aliphatic heterocycles. The number of rotatable bonds is 6. The predicted molar refractivity (Wildman–Crippen MR) is 80.2 cm³/mol. The van der Waals surface area contributed by atoms with E-state index >= 15 is 0 Å². The summed E-state index contributed by atoms with van der Waals surface area (Å²) in [7, 11) is 0. The van der Waals surface area contributed by atoms with Crippen LogP contribution in [0.3, 0.4) is 0 Å². The summed E-state index contributed by atoms with van der Waals surface area (Å²) < 4.78 is 0. The van der Waals surface area contributed by atoms with Gasteiger partial charge in [-0.15, -0.1) is 11.3 Å². The zero-order valence-electron chi connectivity index (χ0n) is 10.7. The van der Waals surface area contributed by atoms with E-state index in [4.69, 9.17) is 0 Å². The molecule has 2 unspecified atom stereocenters. The normalized spacial score (nSPS) is 22.5. The quantitative estimate of drug-likeness (QED) is 0.839. The topological polar surface area (TPSA) is 12.0 Å². The second-order valence-electron chi connectivity index (χ2n) is 4.69. The summed E-state index contributed by atoms with van der Waals surface area (Å²) in [6.45, 7) is 3.33. The first-order chi connectivity index (χ1) is 8.40. The number of aryl methyl sites for hydroxylation is 1. The number of thiophene rings is 1. The van der Waals surface area contributed by atoms with Crippen molar-refractivity contribution in [1.29, 1.82) is 0 Å². The van der Waals surface area contributed by atoms with Crippen LogP contribution in [0.2, 0.25) is 0 Å². The standard InChI is InChI=1S/C14H23NS2/c1-2-15-13(14-7-3-4-10-17-14)9-8-12-6-5-11-16-12/h5-6,11,13-15H,2-4,7-10H2,1H3. The number of thioether (sulfide) groups is 1. The summed E-state index contributed by atoms with van der Waals surface area (Å²) in [5, 5.41) is 6.74. The van der Waals surface area contributed by atoms with Crippen LogP contribution in [0.15, 0.2) is 17.5 Å². The summed E-state index contributed by atoms with van der Waals surface area (Å²) in [5.41, 5.74) is 0. The molecule has 1 aromatic heterocycles. The maximum absolute atomic E-state index is 3.70. The molecular weight excluding hydrogens is 246 g/mol. The molecule has 1 fully saturated rings. The first kappa shape index (κ1) is 13.4. The maximum atomic E-state index is 3.70. The number of hydrogen-bond donors (Lipinski definition) is 1. The van der Waals surface area contributed by atoms with Crippen molar-refractivity contribution >= 4 is 23.1 Å². The molecule has 0 radical (unpaired) electrons. The average molecular weight is 269 g/mol. The third-order valence-electron chi connectivity index (χ3n) is 3.41. The van der Waals surface area contributed by atoms with Crippen LogP contribution in [0, 0.1) is 0 Å². The molecule has 0 spiro atoms. The fourth-order valence-corrected chi connectivity index (χ4v) is 4.71. The van der Waals surface area contributed by atoms with E-state index in [0.29, 0.717) is 6.04 Å². The first-order valence-electron chi connectivity index (χ1n) is 6.77. The van der Waals surface area contributed by atoms with Crippen LogP contribution < -0.4 is 5.32 Å². The van der Waals surface area contributed by atoms with Crippen LogP contribution in [0.25, 0.3) is 0 Å². The van der Waals surface area contributed by atoms with E-state index in [1.54, 1.807) is 0 Å². The molecule has 17 heavy (non-hydrogen) atoms. The summed E-state index contributed by atoms with van der Waals surface area (Å²) >= 11 is 4.08. The van der Waals surface area contributed by atoms with Crippen molar-refractivity contribution < 1.29 is 0 Å². The van der Waals surface area contributed by atoms with E-state index in [1.165, 1.54) is 42.7 Å². The molecule has 2 atom stereocenters. The summed E-state index contributed by atoms with van der Waals surface area (Å²) in [5.74, 6) is 1.37. The Kier molecular flexibility index (Phi) is 5.89. The van der Waals surface area contributed by atoms with Gasteiger partial charge >= 0.3 is 0 Å². The van der Waals surface area contributed by atoms with Crippen molar-refractivity contribution in [3.05, 3.63) is 22.4 Å². The van der Waals surface area contributed by atoms with Gasteiger partial charge in [-0.05, 0) is 49.4 Å². The second-order valence-corrected chi connectivity index (χ2v) is 7.07. The van der Waals surface area contributed by atoms with Crippen LogP contribution in [-0.4, -0.2) is 23.6 Å². The highest BCUT2D eigenvalue weighted by Crippen LogP contribution is 2.29. The smallest absolute Gasteiger partial charge is 0.0201 e. The zero-order valence-corrected chi connectivity index (χ0v) is 12.3. The Morgan fingerprint density at radius 3 is 3.06 bits per heavy atom. The molecule has 96 valence electrons. The Morgan fingerprint density at radius 1 is 1.47 bits per heavy atom. The van der Waals surface area contributed by atoms with Gasteiger partial charge in [-0.2, -0.15) is 11.8 Å². The van der Waals surface area contributed by atoms with Gasteiger partial charge in [0.1, 0.15) is 0 Å². The van der Waals surface area contributed by atoms with E-state index in [-0.39, 0.29) is 0 Å². The summed E-state index contributed by atoms with van der Waals surface area (Å²) in [6.07, 6.45) is 6.80. The third-order valence-corrected chi connectivity index (χ3v) is 5.86. The van der Waals surface area contributed by atoms with E-state index in [1.807, 2.05) is 11.3 Å². The van der Waals surface area contributed by atoms with Gasteiger partial charge < -0.3 is 5.32 Å². The highest BCUT2D eigenvalue weighted by atomic mass is 32.2. The summed E-state index contributed by atoms with van der Waals surface area (Å²) in [4.78, 5) is 1.54. The Bertz CT molecular complexity index is 291. The molecule has 0 amide bonds. The Morgan fingerprint density at radius 2 is 2.41 bits per heavy atom. The van der Waals surface area contributed by atoms with Gasteiger partial charge in [0.2, 0.25) is 0 Å². The zero-order chi connectivity index (χ0) is 11.9. The minimum Gasteiger partial charge on any atom is -0.313 e. The van der Waals surface area contributed by atoms with Crippen LogP contribution in [-0.2, 0) is 6.42 Å². The van der Waals surface area contributed by atoms with Crippen molar-refractivity contribution in [3.8, 4) is 0 Å². The molecular formula is C14H23NS2. The Labute approximate surface area is 113 Å². The van der Waals surface area contributed by atoms with Crippen LogP contribution in [0.1, 0.15) is 37.5 Å². The van der Waals surface area contributed by atoms with E-state index in [9.17, 15) is 0 Å². The molecule has 1 nitrogen and oxygen atoms in total. The van der Waals surface area contributed by atoms with Gasteiger partial charge in [-0.25, -0.2) is 0 Å². The lowest BCUT2D eigenvalue weighted by atomic mass is 10.0. The van der Waals surface area contributed by atoms with Crippen molar-refractivity contribution in [1.82, 2.24) is 5.32 Å². The maximum Gasteiger partial charge on any atom is 0.0201 e. The highest BCUT2D eigenvalue weighted by Gasteiger charge is 2.23. The molecule has 1 saturated heterocycles. The van der Waals surface area contributed by atoms with E-state index in [2.05, 4.69) is 41.5 Å². The molecule has 1 aromatic rings. The van der Waals surface area contributed by atoms with Gasteiger partial charge in [0.15, 0.2) is 0 Å². The highest BCUT2D eigenvalue weighted by molar-refractivity contribution is 8.00. The minimum absolute atomic E-state index is 0.715. The van der Waals surface area contributed by atoms with Gasteiger partial charge in [-0.1, -0.05) is 19.4 Å². The first-order valence-corrected chi connectivity index (χ1v) is 8.70. The molecule has 1 N–H and O–H groups in total. The monoisotopic (exact) mass is 269 g/mol. The molecule has 0 aromatic carbocycles. The molecule has 0 bridgehead atoms. The largest absolute Gasteiger partial charge is 0.313 e. The van der Waals surface area contributed by atoms with E-state index < -0.39 is 0 Å². The van der Waals surface area contributed by atoms with Crippen molar-refractivity contribution in [2.24, 2.45) is 0 Å². The molecule has 2 rings (SSSR count). The lowest BCUT2D eigenvalue weighted by molar-refractivity contribution is 0.450. The van der Waals surface area contributed by atoms with Gasteiger partial charge in [0, 0.05) is 16.2 Å². The van der Waals surface area contributed by atoms with Crippen molar-refractivity contribution in [2.75, 3.05) is 12.3 Å². The molecule has 2 heterocycles. The summed E-state index contributed by atoms with van der Waals surface area (Å²) in [6, 6.07) is 5.15. The van der Waals surface area contributed by atoms with Crippen LogP contribution >= 0.6 is 23.1 Å². The van der Waals surface area contributed by atoms with Crippen LogP contribution in [0.5, 0.6) is 0 Å². The second kappa shape index (κ2) is 7.45. The van der Waals surface area contributed by atoms with E-state index in [0.717, 1.165) is 11.8 Å². The molecule has 1 aliphatic rings. The molecule has 3 heteroatoms. The molecule has 0 aliphatic carbocycles. The van der Waals surface area contributed by atoms with Gasteiger partial charge in [0.25, 0.3) is 0 Å². The van der Waals surface area contributed by atoms with Crippen molar-refractivity contribution in [3.63, 3.8) is 0 Å². The van der Waals surface area contributed by atoms with Gasteiger partial charge in [0.05, 0.1) is 0 Å². The van der Waals surface area contributed by atoms with Crippen molar-refractivity contribution in [2.45, 2.75) is 50.3 Å². The molecule has 0 saturated carbocycles. The SMILES string of the molecule is CCNC(CCc1cccs1)C1CCCCS1. The van der Waals surface area contributed by atoms with Crippen LogP contribution in [0.4, 0.5) is 0 Å². The number of hydrogen-bond acceptors (Lipinski definition) is 3. The van der Waals surface area contributed by atoms with Gasteiger partial charge in [-0.3, -0.25) is 0 Å².